The van der Waals surface area contributed by atoms with Crippen LogP contribution in [0.2, 0.25) is 0 Å². The second-order valence-electron chi connectivity index (χ2n) is 5.56. The topological polar surface area (TPSA) is 75.6 Å². The Morgan fingerprint density at radius 3 is 2.41 bits per heavy atom. The maximum atomic E-state index is 14.7. The summed E-state index contributed by atoms with van der Waals surface area (Å²) in [6.07, 6.45) is 0. The number of hydrogen-bond donors (Lipinski definition) is 2. The van der Waals surface area contributed by atoms with E-state index in [0.29, 0.717) is 11.3 Å². The highest BCUT2D eigenvalue weighted by molar-refractivity contribution is 7.12. The molecular weight excluding hydrogens is 414 g/mol. The average molecular weight is 428 g/mol. The molecule has 1 heterocycles. The molecule has 150 valence electrons. The quantitative estimate of drug-likeness (QED) is 0.446. The number of aromatic carboxylic acids is 1. The van der Waals surface area contributed by atoms with Crippen LogP contribution in [0.1, 0.15) is 24.1 Å². The van der Waals surface area contributed by atoms with Gasteiger partial charge >= 0.3 is 5.97 Å². The monoisotopic (exact) mass is 428 g/mol. The molecule has 0 aliphatic heterocycles. The molecular formula is C19H11F4NO4S. The van der Waals surface area contributed by atoms with E-state index in [2.05, 4.69) is 4.74 Å². The molecule has 29 heavy (non-hydrogen) atoms. The van der Waals surface area contributed by atoms with Crippen molar-refractivity contribution in [2.24, 2.45) is 0 Å². The van der Waals surface area contributed by atoms with Crippen LogP contribution < -0.4 is 10.1 Å². The first kappa shape index (κ1) is 16.5. The molecule has 1 aromatic heterocycles. The highest BCUT2D eigenvalue weighted by Gasteiger charge is 2.29. The van der Waals surface area contributed by atoms with Crippen LogP contribution >= 0.6 is 11.3 Å². The number of carboxylic acids is 1. The lowest BCUT2D eigenvalue weighted by molar-refractivity contribution is 0.0693. The van der Waals surface area contributed by atoms with Crippen molar-refractivity contribution in [1.82, 2.24) is 0 Å². The predicted octanol–water partition coefficient (Wildman–Crippen LogP) is 4.93. The Kier molecular flexibility index (Phi) is 4.52. The van der Waals surface area contributed by atoms with Gasteiger partial charge in [-0.1, -0.05) is 12.1 Å². The maximum Gasteiger partial charge on any atom is 0.337 e. The molecule has 3 aromatic rings. The molecule has 2 N–H and O–H groups in total. The second-order valence-corrected chi connectivity index (χ2v) is 6.47. The molecule has 0 aliphatic carbocycles. The summed E-state index contributed by atoms with van der Waals surface area (Å²) in [5.41, 5.74) is -3.49. The van der Waals surface area contributed by atoms with Gasteiger partial charge in [0.25, 0.3) is 5.91 Å². The van der Waals surface area contributed by atoms with Gasteiger partial charge in [0.2, 0.25) is 0 Å². The number of thiophene rings is 1. The third kappa shape index (κ3) is 3.66. The summed E-state index contributed by atoms with van der Waals surface area (Å²) < 4.78 is 84.3. The lowest BCUT2D eigenvalue weighted by Crippen LogP contribution is -2.17. The highest BCUT2D eigenvalue weighted by Crippen LogP contribution is 2.36. The Morgan fingerprint density at radius 1 is 1.10 bits per heavy atom. The molecule has 0 unspecified atom stereocenters. The lowest BCUT2D eigenvalue weighted by atomic mass is 10.0. The van der Waals surface area contributed by atoms with E-state index in [1.165, 1.54) is 5.38 Å². The molecule has 0 aliphatic rings. The minimum absolute atomic E-state index is 0.335. The first-order valence-electron chi connectivity index (χ1n) is 9.18. The predicted molar refractivity (Wildman–Crippen MR) is 97.5 cm³/mol. The number of halogens is 4. The van der Waals surface area contributed by atoms with E-state index < -0.39 is 69.4 Å². The van der Waals surface area contributed by atoms with E-state index in [0.717, 1.165) is 30.3 Å². The van der Waals surface area contributed by atoms with Crippen molar-refractivity contribution in [2.45, 2.75) is 0 Å². The zero-order valence-corrected chi connectivity index (χ0v) is 14.9. The molecule has 0 bridgehead atoms. The average Bonchev–Trinajstić information content (AvgIpc) is 3.19. The molecule has 3 rings (SSSR count). The Balaban J connectivity index is 2.04. The van der Waals surface area contributed by atoms with Crippen molar-refractivity contribution in [3.8, 4) is 16.9 Å². The summed E-state index contributed by atoms with van der Waals surface area (Å²) in [6.45, 7) is 0. The summed E-state index contributed by atoms with van der Waals surface area (Å²) in [7, 11) is -2.88. The number of nitrogens with one attached hydrogen (secondary N) is 1. The molecule has 0 atom stereocenters. The van der Waals surface area contributed by atoms with E-state index in [4.69, 9.17) is 9.22 Å². The van der Waals surface area contributed by atoms with Gasteiger partial charge in [-0.15, -0.1) is 11.3 Å². The number of ether oxygens (including phenoxy) is 1. The summed E-state index contributed by atoms with van der Waals surface area (Å²) in [5, 5.41) is 11.9. The van der Waals surface area contributed by atoms with Crippen molar-refractivity contribution in [3.05, 3.63) is 69.4 Å². The highest BCUT2D eigenvalue weighted by atomic mass is 32.1. The number of rotatable bonds is 5. The molecule has 0 saturated carbocycles. The first-order valence-corrected chi connectivity index (χ1v) is 8.56. The SMILES string of the molecule is [2H]C([2H])([2H])Oc1cccc(-c2c(F)c(F)c(NC(=O)c3sccc3C(=O)O)c(F)c2F)c1. The van der Waals surface area contributed by atoms with Crippen LogP contribution in [0.4, 0.5) is 23.2 Å². The molecule has 0 saturated heterocycles. The van der Waals surface area contributed by atoms with Crippen LogP contribution in [0.3, 0.4) is 0 Å². The lowest BCUT2D eigenvalue weighted by Gasteiger charge is -2.13. The maximum absolute atomic E-state index is 14.7. The van der Waals surface area contributed by atoms with Crippen molar-refractivity contribution in [2.75, 3.05) is 12.4 Å². The van der Waals surface area contributed by atoms with Crippen LogP contribution in [0.5, 0.6) is 5.75 Å². The van der Waals surface area contributed by atoms with Gasteiger partial charge in [-0.3, -0.25) is 4.79 Å². The third-order valence-electron chi connectivity index (χ3n) is 3.84. The number of anilines is 1. The van der Waals surface area contributed by atoms with Gasteiger partial charge in [-0.2, -0.15) is 0 Å². The number of carboxylic acid groups (broad SMARTS) is 1. The first-order chi connectivity index (χ1) is 14.9. The molecule has 0 spiro atoms. The van der Waals surface area contributed by atoms with E-state index in [1.54, 1.807) is 5.32 Å². The zero-order chi connectivity index (χ0) is 23.8. The molecule has 0 fully saturated rings. The van der Waals surface area contributed by atoms with Gasteiger partial charge in [0.05, 0.1) is 22.3 Å². The zero-order valence-electron chi connectivity index (χ0n) is 17.1. The van der Waals surface area contributed by atoms with Crippen molar-refractivity contribution in [1.29, 1.82) is 0 Å². The Hall–Kier alpha value is -3.40. The number of carbonyl (C=O) groups is 2. The summed E-state index contributed by atoms with van der Waals surface area (Å²) in [4.78, 5) is 22.9. The van der Waals surface area contributed by atoms with Crippen LogP contribution in [0.15, 0.2) is 35.7 Å². The van der Waals surface area contributed by atoms with Gasteiger partial charge in [-0.05, 0) is 29.1 Å². The van der Waals surface area contributed by atoms with Crippen LogP contribution in [0, 0.1) is 23.3 Å². The van der Waals surface area contributed by atoms with E-state index in [9.17, 15) is 27.2 Å². The fourth-order valence-electron chi connectivity index (χ4n) is 2.53. The number of hydrogen-bond acceptors (Lipinski definition) is 4. The molecule has 5 nitrogen and oxygen atoms in total. The normalized spacial score (nSPS) is 12.6. The summed E-state index contributed by atoms with van der Waals surface area (Å²) in [5.74, 6) is -10.7. The van der Waals surface area contributed by atoms with E-state index in [1.807, 2.05) is 0 Å². The molecule has 0 radical (unpaired) electrons. The summed E-state index contributed by atoms with van der Waals surface area (Å²) in [6, 6.07) is 5.33. The van der Waals surface area contributed by atoms with Crippen molar-refractivity contribution < 1.29 is 41.1 Å². The van der Waals surface area contributed by atoms with Gasteiger partial charge < -0.3 is 15.2 Å². The smallest absolute Gasteiger partial charge is 0.337 e. The minimum Gasteiger partial charge on any atom is -0.497 e. The fourth-order valence-corrected chi connectivity index (χ4v) is 3.31. The van der Waals surface area contributed by atoms with Gasteiger partial charge in [0.15, 0.2) is 23.3 Å². The Morgan fingerprint density at radius 2 is 1.79 bits per heavy atom. The number of methoxy groups -OCH3 is 1. The van der Waals surface area contributed by atoms with Gasteiger partial charge in [0.1, 0.15) is 16.3 Å². The minimum atomic E-state index is -2.88. The van der Waals surface area contributed by atoms with Crippen LogP contribution in [0.25, 0.3) is 11.1 Å². The Bertz CT molecular complexity index is 1200. The third-order valence-corrected chi connectivity index (χ3v) is 4.76. The van der Waals surface area contributed by atoms with E-state index >= 15 is 0 Å². The van der Waals surface area contributed by atoms with Crippen LogP contribution in [-0.4, -0.2) is 24.0 Å². The fraction of sp³-hybridized carbons (Fsp3) is 0.0526. The standard InChI is InChI=1S/C19H11F4NO4S/c1-28-9-4-2-3-8(7-9)11-12(20)14(22)16(15(23)13(11)21)24-18(25)17-10(19(26)27)5-6-29-17/h2-7H,1H3,(H,24,25)(H,26,27)/i1D3. The van der Waals surface area contributed by atoms with Crippen molar-refractivity contribution >= 4 is 28.9 Å². The largest absolute Gasteiger partial charge is 0.497 e. The molecule has 1 amide bonds. The number of amides is 1. The second kappa shape index (κ2) is 7.92. The number of carbonyl (C=O) groups excluding carboxylic acids is 1. The molecule has 10 heteroatoms. The van der Waals surface area contributed by atoms with Crippen molar-refractivity contribution in [3.63, 3.8) is 0 Å². The van der Waals surface area contributed by atoms with Crippen LogP contribution in [-0.2, 0) is 0 Å². The summed E-state index contributed by atoms with van der Waals surface area (Å²) >= 11 is 0.646. The van der Waals surface area contributed by atoms with Gasteiger partial charge in [0, 0.05) is 0 Å². The van der Waals surface area contributed by atoms with E-state index in [-0.39, 0.29) is 5.75 Å². The number of benzene rings is 2. The Labute approximate surface area is 169 Å². The van der Waals surface area contributed by atoms with Gasteiger partial charge in [-0.25, -0.2) is 22.4 Å². The molecule has 2 aromatic carbocycles.